The van der Waals surface area contributed by atoms with Gasteiger partial charge < -0.3 is 10.8 Å². The van der Waals surface area contributed by atoms with Crippen LogP contribution in [0.25, 0.3) is 0 Å². The van der Waals surface area contributed by atoms with E-state index in [1.165, 1.54) is 0 Å². The Labute approximate surface area is 134 Å². The van der Waals surface area contributed by atoms with Crippen molar-refractivity contribution in [1.82, 2.24) is 24.6 Å². The molecular weight excluding hydrogens is 296 g/mol. The van der Waals surface area contributed by atoms with Crippen LogP contribution in [0.3, 0.4) is 0 Å². The second-order valence-electron chi connectivity index (χ2n) is 5.86. The lowest BCUT2D eigenvalue weighted by Crippen LogP contribution is -2.36. The van der Waals surface area contributed by atoms with Gasteiger partial charge in [-0.2, -0.15) is 0 Å². The molecule has 0 spiro atoms. The molecule has 0 aromatic carbocycles. The van der Waals surface area contributed by atoms with Crippen LogP contribution in [-0.2, 0) is 6.54 Å². The third-order valence-corrected chi connectivity index (χ3v) is 4.05. The number of aromatic hydroxyl groups is 1. The average molecular weight is 316 g/mol. The van der Waals surface area contributed by atoms with Gasteiger partial charge in [0.1, 0.15) is 12.1 Å². The third kappa shape index (κ3) is 3.48. The van der Waals surface area contributed by atoms with Crippen LogP contribution in [0.4, 0.5) is 0 Å². The minimum Gasteiger partial charge on any atom is -0.506 e. The summed E-state index contributed by atoms with van der Waals surface area (Å²) in [6.45, 7) is 4.18. The van der Waals surface area contributed by atoms with E-state index in [0.29, 0.717) is 12.2 Å². The summed E-state index contributed by atoms with van der Waals surface area (Å²) in [5, 5.41) is 14.1. The van der Waals surface area contributed by atoms with Crippen molar-refractivity contribution < 1.29 is 9.90 Å². The van der Waals surface area contributed by atoms with E-state index in [0.717, 1.165) is 31.6 Å². The number of nitrogens with two attached hydrogens (primary N) is 1. The smallest absolute Gasteiger partial charge is 0.288 e. The maximum Gasteiger partial charge on any atom is 0.288 e. The van der Waals surface area contributed by atoms with Crippen molar-refractivity contribution in [2.75, 3.05) is 13.1 Å². The van der Waals surface area contributed by atoms with Crippen molar-refractivity contribution in [3.8, 4) is 5.75 Å². The van der Waals surface area contributed by atoms with Gasteiger partial charge in [-0.15, -0.1) is 5.10 Å². The number of pyridine rings is 1. The Kier molecular flexibility index (Phi) is 4.24. The van der Waals surface area contributed by atoms with Crippen LogP contribution in [0.15, 0.2) is 18.5 Å². The normalized spacial score (nSPS) is 18.9. The molecule has 3 rings (SSSR count). The highest BCUT2D eigenvalue weighted by Gasteiger charge is 2.24. The number of hydrogen-bond donors (Lipinski definition) is 2. The second-order valence-corrected chi connectivity index (χ2v) is 5.86. The van der Waals surface area contributed by atoms with E-state index < -0.39 is 5.91 Å². The maximum atomic E-state index is 11.1. The summed E-state index contributed by atoms with van der Waals surface area (Å²) in [5.41, 5.74) is 6.76. The van der Waals surface area contributed by atoms with Gasteiger partial charge in [0.25, 0.3) is 5.91 Å². The molecule has 0 radical (unpaired) electrons. The van der Waals surface area contributed by atoms with E-state index in [2.05, 4.69) is 20.0 Å². The summed E-state index contributed by atoms with van der Waals surface area (Å²) >= 11 is 0. The van der Waals surface area contributed by atoms with E-state index in [1.807, 2.05) is 6.92 Å². The quantitative estimate of drug-likeness (QED) is 0.855. The van der Waals surface area contributed by atoms with Gasteiger partial charge in [0, 0.05) is 18.8 Å². The molecular formula is C15H20N6O2. The number of primary amides is 1. The molecule has 1 aliphatic heterocycles. The first kappa shape index (κ1) is 15.4. The van der Waals surface area contributed by atoms with E-state index in [1.54, 1.807) is 23.1 Å². The molecule has 8 heteroatoms. The zero-order chi connectivity index (χ0) is 16.4. The van der Waals surface area contributed by atoms with Gasteiger partial charge in [-0.1, -0.05) is 0 Å². The number of aromatic nitrogens is 4. The highest BCUT2D eigenvalue weighted by atomic mass is 16.3. The molecule has 23 heavy (non-hydrogen) atoms. The van der Waals surface area contributed by atoms with E-state index in [9.17, 15) is 9.90 Å². The first-order chi connectivity index (χ1) is 11.0. The molecule has 0 aliphatic carbocycles. The molecule has 2 aromatic rings. The zero-order valence-electron chi connectivity index (χ0n) is 13.0. The summed E-state index contributed by atoms with van der Waals surface area (Å²) in [5.74, 6) is -0.361. The Balaban J connectivity index is 1.70. The largest absolute Gasteiger partial charge is 0.506 e. The number of hydrogen-bond acceptors (Lipinski definition) is 6. The fourth-order valence-corrected chi connectivity index (χ4v) is 2.89. The Hall–Kier alpha value is -2.48. The molecule has 8 nitrogen and oxygen atoms in total. The van der Waals surface area contributed by atoms with Crippen LogP contribution in [0.5, 0.6) is 5.75 Å². The lowest BCUT2D eigenvalue weighted by Gasteiger charge is -2.32. The van der Waals surface area contributed by atoms with Gasteiger partial charge in [0.15, 0.2) is 0 Å². The molecule has 0 unspecified atom stereocenters. The molecule has 2 aromatic heterocycles. The molecule has 0 saturated carbocycles. The number of nitrogens with zero attached hydrogens (tertiary/aromatic N) is 5. The SMILES string of the molecule is Cc1ccc(O)c(CN2CCC[C@@H](n3cnc(C(N)=O)n3)C2)n1. The number of rotatable bonds is 4. The van der Waals surface area contributed by atoms with Crippen molar-refractivity contribution in [2.45, 2.75) is 32.4 Å². The molecule has 3 heterocycles. The van der Waals surface area contributed by atoms with Gasteiger partial charge in [-0.3, -0.25) is 14.7 Å². The molecule has 1 atom stereocenters. The number of carbonyl (C=O) groups excluding carboxylic acids is 1. The molecule has 1 amide bonds. The Bertz CT molecular complexity index is 714. The predicted molar refractivity (Wildman–Crippen MR) is 82.7 cm³/mol. The van der Waals surface area contributed by atoms with Crippen molar-refractivity contribution >= 4 is 5.91 Å². The minimum atomic E-state index is -0.620. The second kappa shape index (κ2) is 6.33. The van der Waals surface area contributed by atoms with Gasteiger partial charge in [0.2, 0.25) is 5.82 Å². The molecule has 0 bridgehead atoms. The van der Waals surface area contributed by atoms with Gasteiger partial charge in [-0.05, 0) is 38.4 Å². The Morgan fingerprint density at radius 2 is 2.30 bits per heavy atom. The molecule has 122 valence electrons. The highest BCUT2D eigenvalue weighted by molar-refractivity contribution is 5.88. The summed E-state index contributed by atoms with van der Waals surface area (Å²) in [6.07, 6.45) is 3.52. The highest BCUT2D eigenvalue weighted by Crippen LogP contribution is 2.24. The van der Waals surface area contributed by atoms with Crippen molar-refractivity contribution in [1.29, 1.82) is 0 Å². The summed E-state index contributed by atoms with van der Waals surface area (Å²) in [7, 11) is 0. The fraction of sp³-hybridized carbons (Fsp3) is 0.467. The Morgan fingerprint density at radius 1 is 1.48 bits per heavy atom. The summed E-state index contributed by atoms with van der Waals surface area (Å²) in [6, 6.07) is 3.60. The minimum absolute atomic E-state index is 0.0418. The van der Waals surface area contributed by atoms with Gasteiger partial charge >= 0.3 is 0 Å². The number of aryl methyl sites for hydroxylation is 1. The molecule has 1 saturated heterocycles. The van der Waals surface area contributed by atoms with Crippen LogP contribution < -0.4 is 5.73 Å². The van der Waals surface area contributed by atoms with E-state index >= 15 is 0 Å². The Morgan fingerprint density at radius 3 is 3.04 bits per heavy atom. The maximum absolute atomic E-state index is 11.1. The molecule has 3 N–H and O–H groups in total. The van der Waals surface area contributed by atoms with Crippen LogP contribution >= 0.6 is 0 Å². The van der Waals surface area contributed by atoms with Crippen molar-refractivity contribution in [3.05, 3.63) is 35.7 Å². The number of carbonyl (C=O) groups is 1. The van der Waals surface area contributed by atoms with Crippen LogP contribution in [0, 0.1) is 6.92 Å². The van der Waals surface area contributed by atoms with E-state index in [-0.39, 0.29) is 17.6 Å². The summed E-state index contributed by atoms with van der Waals surface area (Å²) < 4.78 is 1.70. The van der Waals surface area contributed by atoms with Crippen LogP contribution in [0.1, 0.15) is 40.9 Å². The average Bonchev–Trinajstić information content (AvgIpc) is 3.01. The third-order valence-electron chi connectivity index (χ3n) is 4.05. The van der Waals surface area contributed by atoms with Gasteiger partial charge in [-0.25, -0.2) is 9.67 Å². The number of amides is 1. The lowest BCUT2D eigenvalue weighted by atomic mass is 10.1. The van der Waals surface area contributed by atoms with Crippen LogP contribution in [-0.4, -0.2) is 48.8 Å². The topological polar surface area (TPSA) is 110 Å². The van der Waals surface area contributed by atoms with Crippen LogP contribution in [0.2, 0.25) is 0 Å². The summed E-state index contributed by atoms with van der Waals surface area (Å²) in [4.78, 5) is 21.7. The van der Waals surface area contributed by atoms with E-state index in [4.69, 9.17) is 5.73 Å². The fourth-order valence-electron chi connectivity index (χ4n) is 2.89. The monoisotopic (exact) mass is 316 g/mol. The molecule has 1 fully saturated rings. The number of piperidine rings is 1. The first-order valence-electron chi connectivity index (χ1n) is 7.61. The predicted octanol–water partition coefficient (Wildman–Crippen LogP) is 0.623. The van der Waals surface area contributed by atoms with Crippen molar-refractivity contribution in [2.24, 2.45) is 5.73 Å². The first-order valence-corrected chi connectivity index (χ1v) is 7.61. The van der Waals surface area contributed by atoms with Gasteiger partial charge in [0.05, 0.1) is 11.7 Å². The zero-order valence-corrected chi connectivity index (χ0v) is 13.0. The van der Waals surface area contributed by atoms with Crippen molar-refractivity contribution in [3.63, 3.8) is 0 Å². The number of likely N-dealkylation sites (tertiary alicyclic amines) is 1. The lowest BCUT2D eigenvalue weighted by molar-refractivity contribution is 0.0988. The molecule has 1 aliphatic rings. The standard InChI is InChI=1S/C15H20N6O2/c1-10-4-5-13(22)12(18-10)8-20-6-2-3-11(7-20)21-9-17-15(19-21)14(16)23/h4-5,9,11,22H,2-3,6-8H2,1H3,(H2,16,23)/t11-/m1/s1.